The van der Waals surface area contributed by atoms with Crippen molar-refractivity contribution in [1.29, 1.82) is 0 Å². The van der Waals surface area contributed by atoms with Crippen molar-refractivity contribution in [2.24, 2.45) is 10.9 Å². The molecule has 5 heteroatoms. The van der Waals surface area contributed by atoms with E-state index in [-0.39, 0.29) is 18.5 Å². The first-order valence-electron chi connectivity index (χ1n) is 12.5. The van der Waals surface area contributed by atoms with E-state index in [9.17, 15) is 5.11 Å². The fourth-order valence-corrected chi connectivity index (χ4v) is 4.11. The van der Waals surface area contributed by atoms with Crippen LogP contribution in [0.5, 0.6) is 11.5 Å². The molecule has 0 bridgehead atoms. The SMILES string of the molecule is CCCCC1[CH-]C=C(CCc2ccc(O)c(OCC[C+]3C=C(C(C)CCCCO)C=N3)c2)O1. The Kier molecular flexibility index (Phi) is 10.1. The minimum Gasteiger partial charge on any atom is -0.592 e. The summed E-state index contributed by atoms with van der Waals surface area (Å²) in [6, 6.07) is 6.58. The number of aryl methyl sites for hydroxylation is 1. The molecule has 0 amide bonds. The summed E-state index contributed by atoms with van der Waals surface area (Å²) in [5.41, 5.74) is 2.36. The van der Waals surface area contributed by atoms with Crippen LogP contribution in [0.4, 0.5) is 0 Å². The van der Waals surface area contributed by atoms with Gasteiger partial charge in [0.25, 0.3) is 0 Å². The van der Waals surface area contributed by atoms with Gasteiger partial charge in [0.15, 0.2) is 23.8 Å². The van der Waals surface area contributed by atoms with Gasteiger partial charge in [-0.3, -0.25) is 0 Å². The Hall–Kier alpha value is -2.53. The first kappa shape index (κ1) is 25.1. The third-order valence-electron chi connectivity index (χ3n) is 6.27. The van der Waals surface area contributed by atoms with E-state index in [1.165, 1.54) is 18.4 Å². The van der Waals surface area contributed by atoms with Crippen LogP contribution in [0.25, 0.3) is 0 Å². The molecule has 0 saturated heterocycles. The monoisotopic (exact) mass is 453 g/mol. The third kappa shape index (κ3) is 8.08. The van der Waals surface area contributed by atoms with Crippen molar-refractivity contribution in [3.63, 3.8) is 0 Å². The van der Waals surface area contributed by atoms with Crippen molar-refractivity contribution in [2.75, 3.05) is 13.2 Å². The molecule has 2 aliphatic rings. The molecule has 0 aromatic heterocycles. The number of allylic oxidation sites excluding steroid dienone is 2. The summed E-state index contributed by atoms with van der Waals surface area (Å²) >= 11 is 0. The second kappa shape index (κ2) is 13.2. The molecule has 0 radical (unpaired) electrons. The number of aliphatic imine (C=N–C) groups is 1. The highest BCUT2D eigenvalue weighted by Crippen LogP contribution is 2.31. The number of phenolic OH excluding ortho intramolecular Hbond substituents is 1. The van der Waals surface area contributed by atoms with Crippen LogP contribution in [0.15, 0.2) is 46.7 Å². The highest BCUT2D eigenvalue weighted by Gasteiger charge is 2.25. The summed E-state index contributed by atoms with van der Waals surface area (Å²) in [7, 11) is 0. The number of ether oxygens (including phenoxy) is 2. The number of rotatable bonds is 15. The Morgan fingerprint density at radius 2 is 2.12 bits per heavy atom. The first-order chi connectivity index (χ1) is 16.1. The van der Waals surface area contributed by atoms with Gasteiger partial charge in [-0.1, -0.05) is 38.0 Å². The maximum absolute atomic E-state index is 10.2. The summed E-state index contributed by atoms with van der Waals surface area (Å²) in [4.78, 5) is 4.52. The van der Waals surface area contributed by atoms with Crippen LogP contribution in [0, 0.1) is 18.4 Å². The molecule has 2 heterocycles. The van der Waals surface area contributed by atoms with Gasteiger partial charge in [0, 0.05) is 18.6 Å². The molecule has 3 rings (SSSR count). The zero-order valence-electron chi connectivity index (χ0n) is 20.1. The van der Waals surface area contributed by atoms with Gasteiger partial charge in [0.1, 0.15) is 12.2 Å². The summed E-state index contributed by atoms with van der Waals surface area (Å²) in [6.07, 6.45) is 17.4. The molecule has 2 N–H and O–H groups in total. The third-order valence-corrected chi connectivity index (χ3v) is 6.27. The number of aliphatic hydroxyl groups excluding tert-OH is 1. The minimum absolute atomic E-state index is 0.164. The number of phenols is 1. The van der Waals surface area contributed by atoms with Gasteiger partial charge >= 0.3 is 0 Å². The van der Waals surface area contributed by atoms with Crippen molar-refractivity contribution in [3.05, 3.63) is 59.7 Å². The van der Waals surface area contributed by atoms with Crippen molar-refractivity contribution < 1.29 is 19.7 Å². The maximum Gasteiger partial charge on any atom is 0.176 e. The van der Waals surface area contributed by atoms with Crippen LogP contribution in [0.2, 0.25) is 0 Å². The van der Waals surface area contributed by atoms with E-state index in [4.69, 9.17) is 14.6 Å². The van der Waals surface area contributed by atoms with Gasteiger partial charge in [-0.25, -0.2) is 0 Å². The van der Waals surface area contributed by atoms with Crippen molar-refractivity contribution >= 4 is 6.21 Å². The number of hydrogen-bond donors (Lipinski definition) is 2. The van der Waals surface area contributed by atoms with Crippen molar-refractivity contribution in [1.82, 2.24) is 0 Å². The molecule has 0 aliphatic carbocycles. The van der Waals surface area contributed by atoms with Crippen LogP contribution in [-0.2, 0) is 11.2 Å². The van der Waals surface area contributed by atoms with Gasteiger partial charge in [-0.2, -0.15) is 12.5 Å². The number of benzene rings is 1. The molecule has 0 saturated carbocycles. The summed E-state index contributed by atoms with van der Waals surface area (Å²) in [5, 5.41) is 19.2. The lowest BCUT2D eigenvalue weighted by Crippen LogP contribution is -2.06. The lowest BCUT2D eigenvalue weighted by Gasteiger charge is -2.20. The van der Waals surface area contributed by atoms with Crippen LogP contribution in [0.3, 0.4) is 0 Å². The summed E-state index contributed by atoms with van der Waals surface area (Å²) in [6.45, 7) is 5.12. The van der Waals surface area contributed by atoms with Crippen LogP contribution in [0.1, 0.15) is 70.8 Å². The molecule has 5 nitrogen and oxygen atoms in total. The number of aromatic hydroxyl groups is 1. The molecule has 180 valence electrons. The average molecular weight is 454 g/mol. The van der Waals surface area contributed by atoms with E-state index in [1.807, 2.05) is 18.3 Å². The van der Waals surface area contributed by atoms with Crippen LogP contribution < -0.4 is 4.74 Å². The van der Waals surface area contributed by atoms with Gasteiger partial charge in [-0.05, 0) is 56.7 Å². The lowest BCUT2D eigenvalue weighted by molar-refractivity contribution is 0.147. The Labute approximate surface area is 199 Å². The molecular weight excluding hydrogens is 414 g/mol. The Morgan fingerprint density at radius 3 is 2.94 bits per heavy atom. The predicted octanol–water partition coefficient (Wildman–Crippen LogP) is 6.11. The zero-order chi connectivity index (χ0) is 23.5. The second-order valence-corrected chi connectivity index (χ2v) is 9.04. The highest BCUT2D eigenvalue weighted by molar-refractivity contribution is 5.83. The van der Waals surface area contributed by atoms with Crippen LogP contribution >= 0.6 is 0 Å². The van der Waals surface area contributed by atoms with E-state index >= 15 is 0 Å². The number of nitrogens with zero attached hydrogens (tertiary/aromatic N) is 1. The molecule has 2 unspecified atom stereocenters. The van der Waals surface area contributed by atoms with E-state index in [0.29, 0.717) is 24.7 Å². The molecule has 2 aliphatic heterocycles. The molecule has 33 heavy (non-hydrogen) atoms. The Balaban J connectivity index is 1.41. The van der Waals surface area contributed by atoms with Crippen molar-refractivity contribution in [3.8, 4) is 11.5 Å². The van der Waals surface area contributed by atoms with E-state index in [2.05, 4.69) is 37.4 Å². The Morgan fingerprint density at radius 1 is 1.24 bits per heavy atom. The average Bonchev–Trinajstić information content (AvgIpc) is 3.48. The Bertz CT molecular complexity index is 829. The topological polar surface area (TPSA) is 71.3 Å². The molecule has 0 spiro atoms. The van der Waals surface area contributed by atoms with E-state index in [0.717, 1.165) is 55.9 Å². The number of hydrogen-bond acceptors (Lipinski definition) is 5. The van der Waals surface area contributed by atoms with Gasteiger partial charge in [0.2, 0.25) is 0 Å². The smallest absolute Gasteiger partial charge is 0.176 e. The highest BCUT2D eigenvalue weighted by atomic mass is 16.5. The normalized spacial score (nSPS) is 18.0. The fourth-order valence-electron chi connectivity index (χ4n) is 4.11. The second-order valence-electron chi connectivity index (χ2n) is 9.04. The minimum atomic E-state index is 0.164. The van der Waals surface area contributed by atoms with Crippen LogP contribution in [-0.4, -0.2) is 35.7 Å². The van der Waals surface area contributed by atoms with E-state index < -0.39 is 0 Å². The quantitative estimate of drug-likeness (QED) is 0.248. The van der Waals surface area contributed by atoms with Gasteiger partial charge in [0.05, 0.1) is 12.5 Å². The summed E-state index contributed by atoms with van der Waals surface area (Å²) in [5.74, 6) is 2.16. The number of unbranched alkanes of at least 4 members (excludes halogenated alkanes) is 2. The fraction of sp³-hybridized carbons (Fsp3) is 0.536. The zero-order valence-corrected chi connectivity index (χ0v) is 20.1. The lowest BCUT2D eigenvalue weighted by atomic mass is 9.95. The molecule has 2 atom stereocenters. The standard InChI is InChI=1S/C28H39NO4/c1-3-4-8-25-12-13-26(33-25)11-9-22-10-14-27(31)28(18-22)32-17-15-24-19-23(20-29-24)21(2)7-5-6-16-30/h10,12-14,18-21,25,30-31H,3-9,11,15-17H2,1-2H3. The predicted molar refractivity (Wildman–Crippen MR) is 133 cm³/mol. The van der Waals surface area contributed by atoms with Gasteiger partial charge in [-0.15, -0.1) is 4.99 Å². The molecule has 1 aromatic rings. The van der Waals surface area contributed by atoms with E-state index in [1.54, 1.807) is 6.07 Å². The molecule has 1 aromatic carbocycles. The molecule has 0 fully saturated rings. The largest absolute Gasteiger partial charge is 0.592 e. The maximum atomic E-state index is 10.2. The van der Waals surface area contributed by atoms with Gasteiger partial charge < -0.3 is 19.7 Å². The summed E-state index contributed by atoms with van der Waals surface area (Å²) < 4.78 is 11.9. The first-order valence-corrected chi connectivity index (χ1v) is 12.5. The van der Waals surface area contributed by atoms with Crippen molar-refractivity contribution in [2.45, 2.75) is 77.7 Å². The molecular formula is C28H39NO4. The number of aliphatic hydroxyl groups is 1.